The molecule has 1 aliphatic rings. The molecular weight excluding hydrogens is 300 g/mol. The second kappa shape index (κ2) is 7.38. The van der Waals surface area contributed by atoms with Crippen molar-refractivity contribution in [3.63, 3.8) is 0 Å². The van der Waals surface area contributed by atoms with Crippen LogP contribution < -0.4 is 5.32 Å². The molecule has 1 heterocycles. The van der Waals surface area contributed by atoms with Gasteiger partial charge in [-0.2, -0.15) is 0 Å². The Labute approximate surface area is 138 Å². The molecule has 2 atom stereocenters. The molecule has 0 aromatic rings. The average Bonchev–Trinajstić information content (AvgIpc) is 2.75. The van der Waals surface area contributed by atoms with Crippen molar-refractivity contribution < 1.29 is 24.2 Å². The van der Waals surface area contributed by atoms with Crippen molar-refractivity contribution in [2.75, 3.05) is 19.7 Å². The van der Waals surface area contributed by atoms with E-state index < -0.39 is 23.4 Å². The number of nitrogens with zero attached hydrogens (tertiary/aromatic N) is 1. The number of nitrogens with one attached hydrogen (secondary N) is 1. The van der Waals surface area contributed by atoms with Crippen LogP contribution in [0.3, 0.4) is 0 Å². The lowest BCUT2D eigenvalue weighted by atomic mass is 10.0. The number of aliphatic hydroxyl groups excluding tert-OH is 1. The van der Waals surface area contributed by atoms with Gasteiger partial charge in [0, 0.05) is 19.0 Å². The highest BCUT2D eigenvalue weighted by atomic mass is 16.6. The first kappa shape index (κ1) is 19.5. The fourth-order valence-electron chi connectivity index (χ4n) is 2.48. The predicted molar refractivity (Wildman–Crippen MR) is 86.2 cm³/mol. The van der Waals surface area contributed by atoms with Gasteiger partial charge in [0.05, 0.1) is 12.6 Å². The van der Waals surface area contributed by atoms with Crippen molar-refractivity contribution in [1.82, 2.24) is 10.2 Å². The molecule has 2 N–H and O–H groups in total. The summed E-state index contributed by atoms with van der Waals surface area (Å²) in [6.45, 7) is 11.5. The average molecular weight is 330 g/mol. The van der Waals surface area contributed by atoms with Crippen molar-refractivity contribution in [1.29, 1.82) is 0 Å². The number of aliphatic hydroxyl groups is 1. The van der Waals surface area contributed by atoms with Crippen molar-refractivity contribution in [2.45, 2.75) is 65.2 Å². The molecule has 1 rings (SSSR count). The maximum absolute atomic E-state index is 12.2. The molecule has 0 aromatic heterocycles. The molecule has 0 aromatic carbocycles. The Hall–Kier alpha value is -1.50. The number of alkyl carbamates (subject to hydrolysis) is 1. The largest absolute Gasteiger partial charge is 0.444 e. The van der Waals surface area contributed by atoms with Crippen LogP contribution in [0.4, 0.5) is 9.59 Å². The SMILES string of the molecule is CC(C)(C)OC(=O)NC[C@@H]1CCN(C(=O)OC(C)(C)C)[C@H]1CO. The van der Waals surface area contributed by atoms with Gasteiger partial charge in [-0.1, -0.05) is 0 Å². The van der Waals surface area contributed by atoms with Crippen molar-refractivity contribution in [3.8, 4) is 0 Å². The van der Waals surface area contributed by atoms with Gasteiger partial charge in [0.25, 0.3) is 0 Å². The molecule has 0 radical (unpaired) electrons. The van der Waals surface area contributed by atoms with E-state index in [2.05, 4.69) is 5.32 Å². The van der Waals surface area contributed by atoms with Gasteiger partial charge < -0.3 is 24.8 Å². The minimum absolute atomic E-state index is 0.0277. The number of likely N-dealkylation sites (tertiary alicyclic amines) is 1. The Bertz CT molecular complexity index is 425. The molecule has 1 fully saturated rings. The molecule has 0 bridgehead atoms. The Morgan fingerprint density at radius 2 is 1.70 bits per heavy atom. The van der Waals surface area contributed by atoms with E-state index >= 15 is 0 Å². The van der Waals surface area contributed by atoms with Crippen molar-refractivity contribution in [3.05, 3.63) is 0 Å². The first-order chi connectivity index (χ1) is 10.4. The molecule has 7 heteroatoms. The van der Waals surface area contributed by atoms with E-state index in [1.165, 1.54) is 4.90 Å². The van der Waals surface area contributed by atoms with Gasteiger partial charge in [0.2, 0.25) is 0 Å². The third-order valence-corrected chi connectivity index (χ3v) is 3.41. The van der Waals surface area contributed by atoms with Crippen LogP contribution in [-0.2, 0) is 9.47 Å². The highest BCUT2D eigenvalue weighted by molar-refractivity contribution is 5.69. The van der Waals surface area contributed by atoms with Crippen LogP contribution >= 0.6 is 0 Å². The zero-order valence-corrected chi connectivity index (χ0v) is 15.0. The summed E-state index contributed by atoms with van der Waals surface area (Å²) in [6, 6.07) is -0.361. The van der Waals surface area contributed by atoms with Crippen LogP contribution in [-0.4, -0.2) is 59.1 Å². The number of hydrogen-bond donors (Lipinski definition) is 2. The number of hydrogen-bond acceptors (Lipinski definition) is 5. The second-order valence-corrected chi connectivity index (χ2v) is 7.86. The van der Waals surface area contributed by atoms with Crippen LogP contribution in [0.15, 0.2) is 0 Å². The van der Waals surface area contributed by atoms with Gasteiger partial charge in [0.1, 0.15) is 11.2 Å². The molecular formula is C16H30N2O5. The van der Waals surface area contributed by atoms with E-state index in [0.717, 1.165) is 0 Å². The fourth-order valence-corrected chi connectivity index (χ4v) is 2.48. The van der Waals surface area contributed by atoms with Crippen LogP contribution in [0.1, 0.15) is 48.0 Å². The highest BCUT2D eigenvalue weighted by Crippen LogP contribution is 2.26. The summed E-state index contributed by atoms with van der Waals surface area (Å²) in [6.07, 6.45) is -0.235. The Balaban J connectivity index is 2.56. The standard InChI is InChI=1S/C16H30N2O5/c1-15(2,3)22-13(20)17-9-11-7-8-18(12(11)10-19)14(21)23-16(4,5)6/h11-12,19H,7-10H2,1-6H3,(H,17,20)/t11-,12-/m0/s1. The van der Waals surface area contributed by atoms with E-state index in [0.29, 0.717) is 19.5 Å². The van der Waals surface area contributed by atoms with Gasteiger partial charge in [-0.05, 0) is 48.0 Å². The quantitative estimate of drug-likeness (QED) is 0.827. The number of carbonyl (C=O) groups excluding carboxylic acids is 2. The fraction of sp³-hybridized carbons (Fsp3) is 0.875. The molecule has 0 saturated carbocycles. The number of ether oxygens (including phenoxy) is 2. The minimum atomic E-state index is -0.579. The molecule has 0 unspecified atom stereocenters. The van der Waals surface area contributed by atoms with Crippen molar-refractivity contribution >= 4 is 12.2 Å². The lowest BCUT2D eigenvalue weighted by molar-refractivity contribution is 0.0145. The maximum atomic E-state index is 12.2. The third kappa shape index (κ3) is 6.64. The molecule has 0 spiro atoms. The summed E-state index contributed by atoms with van der Waals surface area (Å²) >= 11 is 0. The van der Waals surface area contributed by atoms with Gasteiger partial charge in [0.15, 0.2) is 0 Å². The Morgan fingerprint density at radius 3 is 2.17 bits per heavy atom. The molecule has 1 aliphatic heterocycles. The topological polar surface area (TPSA) is 88.1 Å². The number of carbonyl (C=O) groups is 2. The van der Waals surface area contributed by atoms with Crippen LogP contribution in [0, 0.1) is 5.92 Å². The van der Waals surface area contributed by atoms with Gasteiger partial charge in [-0.25, -0.2) is 9.59 Å². The zero-order chi connectivity index (χ0) is 17.8. The summed E-state index contributed by atoms with van der Waals surface area (Å²) in [5, 5.41) is 12.3. The summed E-state index contributed by atoms with van der Waals surface area (Å²) in [4.78, 5) is 25.4. The molecule has 7 nitrogen and oxygen atoms in total. The Kier molecular flexibility index (Phi) is 6.27. The molecule has 134 valence electrons. The number of rotatable bonds is 3. The summed E-state index contributed by atoms with van der Waals surface area (Å²) in [7, 11) is 0. The zero-order valence-electron chi connectivity index (χ0n) is 15.0. The third-order valence-electron chi connectivity index (χ3n) is 3.41. The molecule has 2 amide bonds. The smallest absolute Gasteiger partial charge is 0.410 e. The lowest BCUT2D eigenvalue weighted by Crippen LogP contribution is -2.45. The van der Waals surface area contributed by atoms with Gasteiger partial charge in [-0.15, -0.1) is 0 Å². The summed E-state index contributed by atoms with van der Waals surface area (Å²) < 4.78 is 10.5. The van der Waals surface area contributed by atoms with Crippen LogP contribution in [0.2, 0.25) is 0 Å². The van der Waals surface area contributed by atoms with E-state index in [1.54, 1.807) is 41.5 Å². The molecule has 0 aliphatic carbocycles. The monoisotopic (exact) mass is 330 g/mol. The minimum Gasteiger partial charge on any atom is -0.444 e. The van der Waals surface area contributed by atoms with Crippen LogP contribution in [0.25, 0.3) is 0 Å². The van der Waals surface area contributed by atoms with E-state index in [9.17, 15) is 14.7 Å². The summed E-state index contributed by atoms with van der Waals surface area (Å²) in [5.74, 6) is -0.0277. The lowest BCUT2D eigenvalue weighted by Gasteiger charge is -2.29. The normalized spacial score (nSPS) is 22.0. The van der Waals surface area contributed by atoms with Gasteiger partial charge >= 0.3 is 12.2 Å². The Morgan fingerprint density at radius 1 is 1.13 bits per heavy atom. The van der Waals surface area contributed by atoms with E-state index in [4.69, 9.17) is 9.47 Å². The molecule has 23 heavy (non-hydrogen) atoms. The molecule has 1 saturated heterocycles. The second-order valence-electron chi connectivity index (χ2n) is 7.86. The number of amides is 2. The first-order valence-corrected chi connectivity index (χ1v) is 8.00. The van der Waals surface area contributed by atoms with Crippen molar-refractivity contribution in [2.24, 2.45) is 5.92 Å². The van der Waals surface area contributed by atoms with Gasteiger partial charge in [-0.3, -0.25) is 0 Å². The maximum Gasteiger partial charge on any atom is 0.410 e. The predicted octanol–water partition coefficient (Wildman–Crippen LogP) is 2.13. The highest BCUT2D eigenvalue weighted by Gasteiger charge is 2.38. The van der Waals surface area contributed by atoms with E-state index in [-0.39, 0.29) is 18.6 Å². The first-order valence-electron chi connectivity index (χ1n) is 8.00. The van der Waals surface area contributed by atoms with E-state index in [1.807, 2.05) is 0 Å². The summed E-state index contributed by atoms with van der Waals surface area (Å²) in [5.41, 5.74) is -1.14. The van der Waals surface area contributed by atoms with Crippen LogP contribution in [0.5, 0.6) is 0 Å².